The topological polar surface area (TPSA) is 53.5 Å². The average molecular weight is 439 g/mol. The maximum Gasteiger partial charge on any atom is 0.282 e. The van der Waals surface area contributed by atoms with Crippen molar-refractivity contribution in [3.05, 3.63) is 88.0 Å². The Morgan fingerprint density at radius 3 is 2.48 bits per heavy atom. The first-order valence-corrected chi connectivity index (χ1v) is 10.6. The number of amides is 2. The second kappa shape index (κ2) is 8.77. The van der Waals surface area contributed by atoms with Crippen molar-refractivity contribution in [3.8, 4) is 0 Å². The number of anilines is 1. The van der Waals surface area contributed by atoms with Crippen LogP contribution in [0.2, 0.25) is 0 Å². The monoisotopic (exact) mass is 439 g/mol. The lowest BCUT2D eigenvalue weighted by Crippen LogP contribution is -2.36. The number of imide groups is 1. The lowest BCUT2D eigenvalue weighted by Gasteiger charge is -2.24. The molecule has 0 aliphatic carbocycles. The first-order valence-electron chi connectivity index (χ1n) is 9.77. The summed E-state index contributed by atoms with van der Waals surface area (Å²) in [5, 5.41) is 1.81. The average Bonchev–Trinajstić information content (AvgIpc) is 3.37. The van der Waals surface area contributed by atoms with Crippen LogP contribution in [0.25, 0.3) is 5.57 Å². The van der Waals surface area contributed by atoms with Crippen LogP contribution in [0.3, 0.4) is 0 Å². The van der Waals surface area contributed by atoms with E-state index in [1.807, 2.05) is 29.3 Å². The Morgan fingerprint density at radius 2 is 1.84 bits per heavy atom. The molecule has 1 aliphatic heterocycles. The lowest BCUT2D eigenvalue weighted by molar-refractivity contribution is -0.120. The third-order valence-electron chi connectivity index (χ3n) is 5.10. The first kappa shape index (κ1) is 20.9. The van der Waals surface area contributed by atoms with Crippen molar-refractivity contribution < 1.29 is 18.4 Å². The van der Waals surface area contributed by atoms with Crippen molar-refractivity contribution in [1.29, 1.82) is 0 Å². The Hall–Kier alpha value is -3.39. The van der Waals surface area contributed by atoms with Crippen LogP contribution in [0.4, 0.5) is 14.5 Å². The van der Waals surface area contributed by atoms with Crippen molar-refractivity contribution in [2.24, 2.45) is 0 Å². The summed E-state index contributed by atoms with van der Waals surface area (Å²) in [6.45, 7) is 2.86. The summed E-state index contributed by atoms with van der Waals surface area (Å²) in [7, 11) is 0. The maximum atomic E-state index is 14.5. The van der Waals surface area contributed by atoms with Crippen molar-refractivity contribution in [3.63, 3.8) is 0 Å². The maximum absolute atomic E-state index is 14.5. The molecule has 2 aromatic heterocycles. The molecule has 2 amide bonds. The zero-order valence-corrected chi connectivity index (χ0v) is 17.5. The molecule has 0 spiro atoms. The summed E-state index contributed by atoms with van der Waals surface area (Å²) < 4.78 is 27.9. The van der Waals surface area contributed by atoms with Gasteiger partial charge in [-0.05, 0) is 54.6 Å². The third kappa shape index (κ3) is 3.98. The van der Waals surface area contributed by atoms with Crippen LogP contribution in [-0.2, 0) is 16.0 Å². The number of benzene rings is 1. The largest absolute Gasteiger partial charge is 0.366 e. The third-order valence-corrected chi connectivity index (χ3v) is 5.98. The molecule has 0 bridgehead atoms. The van der Waals surface area contributed by atoms with E-state index in [0.717, 1.165) is 22.6 Å². The van der Waals surface area contributed by atoms with Gasteiger partial charge < -0.3 is 4.90 Å². The Balaban J connectivity index is 1.74. The quantitative estimate of drug-likeness (QED) is 0.516. The minimum atomic E-state index is -0.965. The van der Waals surface area contributed by atoms with Gasteiger partial charge in [0.2, 0.25) is 0 Å². The summed E-state index contributed by atoms with van der Waals surface area (Å²) in [5.74, 6) is -2.97. The molecule has 3 aromatic rings. The molecular weight excluding hydrogens is 420 g/mol. The van der Waals surface area contributed by atoms with Gasteiger partial charge in [-0.25, -0.2) is 13.7 Å². The van der Waals surface area contributed by atoms with Gasteiger partial charge in [0.05, 0.1) is 11.3 Å². The van der Waals surface area contributed by atoms with E-state index >= 15 is 0 Å². The van der Waals surface area contributed by atoms with Crippen molar-refractivity contribution in [2.75, 3.05) is 18.0 Å². The molecule has 0 fully saturated rings. The number of pyridine rings is 1. The molecule has 158 valence electrons. The summed E-state index contributed by atoms with van der Waals surface area (Å²) in [6, 6.07) is 10.1. The number of nitrogens with zero attached hydrogens (tertiary/aromatic N) is 3. The molecule has 1 aromatic carbocycles. The highest BCUT2D eigenvalue weighted by Gasteiger charge is 2.43. The minimum Gasteiger partial charge on any atom is -0.366 e. The van der Waals surface area contributed by atoms with E-state index in [1.54, 1.807) is 24.5 Å². The highest BCUT2D eigenvalue weighted by atomic mass is 32.1. The molecule has 8 heteroatoms. The molecule has 31 heavy (non-hydrogen) atoms. The van der Waals surface area contributed by atoms with E-state index in [-0.39, 0.29) is 17.0 Å². The second-order valence-electron chi connectivity index (χ2n) is 6.93. The Labute approximate surface area is 182 Å². The number of hydrogen-bond acceptors (Lipinski definition) is 5. The Morgan fingerprint density at radius 1 is 1.06 bits per heavy atom. The standard InChI is InChI=1S/C23H19F2N3O2S/c1-2-27(12-9-15-7-10-26-11-8-15)21-20(19-4-3-13-31-19)22(29)28(23(21)30)18-6-5-16(24)14-17(18)25/h3-8,10-11,13-14H,2,9,12H2,1H3. The van der Waals surface area contributed by atoms with E-state index in [9.17, 15) is 18.4 Å². The first-order chi connectivity index (χ1) is 15.0. The lowest BCUT2D eigenvalue weighted by atomic mass is 10.1. The number of thiophene rings is 1. The SMILES string of the molecule is CCN(CCc1ccncc1)C1=C(c2cccs2)C(=O)N(c2ccc(F)cc2F)C1=O. The smallest absolute Gasteiger partial charge is 0.282 e. The van der Waals surface area contributed by atoms with Gasteiger partial charge in [0, 0.05) is 36.4 Å². The molecule has 0 radical (unpaired) electrons. The van der Waals surface area contributed by atoms with Crippen LogP contribution in [-0.4, -0.2) is 34.8 Å². The predicted octanol–water partition coefficient (Wildman–Crippen LogP) is 4.27. The molecule has 0 saturated carbocycles. The predicted molar refractivity (Wildman–Crippen MR) is 115 cm³/mol. The Kier molecular flexibility index (Phi) is 5.90. The number of halogens is 2. The van der Waals surface area contributed by atoms with Crippen molar-refractivity contribution in [1.82, 2.24) is 9.88 Å². The van der Waals surface area contributed by atoms with Crippen LogP contribution in [0.15, 0.2) is 65.9 Å². The van der Waals surface area contributed by atoms with Crippen LogP contribution in [0.5, 0.6) is 0 Å². The van der Waals surface area contributed by atoms with Gasteiger partial charge in [0.15, 0.2) is 0 Å². The van der Waals surface area contributed by atoms with Gasteiger partial charge in [-0.2, -0.15) is 0 Å². The number of likely N-dealkylation sites (N-methyl/N-ethyl adjacent to an activating group) is 1. The zero-order valence-electron chi connectivity index (χ0n) is 16.7. The van der Waals surface area contributed by atoms with Crippen LogP contribution < -0.4 is 4.90 Å². The fourth-order valence-electron chi connectivity index (χ4n) is 3.58. The molecular formula is C23H19F2N3O2S. The fourth-order valence-corrected chi connectivity index (χ4v) is 4.34. The molecule has 5 nitrogen and oxygen atoms in total. The number of aromatic nitrogens is 1. The highest BCUT2D eigenvalue weighted by Crippen LogP contribution is 2.37. The zero-order chi connectivity index (χ0) is 22.0. The summed E-state index contributed by atoms with van der Waals surface area (Å²) in [5.41, 5.74) is 1.25. The highest BCUT2D eigenvalue weighted by molar-refractivity contribution is 7.11. The van der Waals surface area contributed by atoms with Gasteiger partial charge in [0.25, 0.3) is 11.8 Å². The van der Waals surface area contributed by atoms with E-state index in [1.165, 1.54) is 11.3 Å². The van der Waals surface area contributed by atoms with E-state index in [2.05, 4.69) is 4.98 Å². The van der Waals surface area contributed by atoms with Crippen molar-refractivity contribution >= 4 is 34.4 Å². The van der Waals surface area contributed by atoms with Crippen molar-refractivity contribution in [2.45, 2.75) is 13.3 Å². The number of rotatable bonds is 7. The van der Waals surface area contributed by atoms with Gasteiger partial charge in [0.1, 0.15) is 17.3 Å². The van der Waals surface area contributed by atoms with Gasteiger partial charge >= 0.3 is 0 Å². The summed E-state index contributed by atoms with van der Waals surface area (Å²) in [6.07, 6.45) is 4.04. The van der Waals surface area contributed by atoms with Gasteiger partial charge in [-0.15, -0.1) is 11.3 Å². The molecule has 0 unspecified atom stereocenters. The second-order valence-corrected chi connectivity index (χ2v) is 7.88. The number of hydrogen-bond donors (Lipinski definition) is 0. The molecule has 1 aliphatic rings. The molecule has 0 atom stereocenters. The van der Waals surface area contributed by atoms with Gasteiger partial charge in [-0.1, -0.05) is 6.07 Å². The fraction of sp³-hybridized carbons (Fsp3) is 0.174. The molecule has 0 saturated heterocycles. The van der Waals surface area contributed by atoms with E-state index < -0.39 is 23.4 Å². The number of carbonyl (C=O) groups excluding carboxylic acids is 2. The van der Waals surface area contributed by atoms with E-state index in [0.29, 0.717) is 30.5 Å². The molecule has 0 N–H and O–H groups in total. The summed E-state index contributed by atoms with van der Waals surface area (Å²) in [4.78, 5) is 34.0. The number of carbonyl (C=O) groups is 2. The van der Waals surface area contributed by atoms with Crippen LogP contribution in [0.1, 0.15) is 17.4 Å². The van der Waals surface area contributed by atoms with Crippen LogP contribution in [0, 0.1) is 11.6 Å². The molecule has 4 rings (SSSR count). The normalized spacial score (nSPS) is 14.0. The summed E-state index contributed by atoms with van der Waals surface area (Å²) >= 11 is 1.33. The van der Waals surface area contributed by atoms with Gasteiger partial charge in [-0.3, -0.25) is 14.6 Å². The Bertz CT molecular complexity index is 1150. The van der Waals surface area contributed by atoms with Crippen LogP contribution >= 0.6 is 11.3 Å². The van der Waals surface area contributed by atoms with E-state index in [4.69, 9.17) is 0 Å². The minimum absolute atomic E-state index is 0.229. The molecule has 3 heterocycles.